The molecule has 0 aromatic carbocycles. The fourth-order valence-corrected chi connectivity index (χ4v) is 4.32. The van der Waals surface area contributed by atoms with Crippen molar-refractivity contribution in [2.45, 2.75) is 57.4 Å². The van der Waals surface area contributed by atoms with E-state index in [4.69, 9.17) is 4.98 Å². The van der Waals surface area contributed by atoms with Gasteiger partial charge >= 0.3 is 0 Å². The molecule has 0 amide bonds. The Morgan fingerprint density at radius 2 is 1.80 bits per heavy atom. The maximum Gasteiger partial charge on any atom is 0.134 e. The van der Waals surface area contributed by atoms with Crippen LogP contribution in [-0.4, -0.2) is 34.0 Å². The zero-order valence-corrected chi connectivity index (χ0v) is 15.1. The molecule has 2 aromatic heterocycles. The summed E-state index contributed by atoms with van der Waals surface area (Å²) in [6.45, 7) is 4.53. The van der Waals surface area contributed by atoms with Gasteiger partial charge in [-0.15, -0.1) is 0 Å². The van der Waals surface area contributed by atoms with Gasteiger partial charge < -0.3 is 10.2 Å². The molecular weight excluding hydrogens is 308 g/mol. The Kier molecular flexibility index (Phi) is 4.97. The number of hydrogen-bond acceptors (Lipinski definition) is 4. The van der Waals surface area contributed by atoms with E-state index in [-0.39, 0.29) is 0 Å². The van der Waals surface area contributed by atoms with E-state index in [0.717, 1.165) is 23.2 Å². The van der Waals surface area contributed by atoms with Crippen LogP contribution in [0.2, 0.25) is 0 Å². The number of aromatic nitrogens is 2. The Bertz CT molecular complexity index is 701. The third-order valence-electron chi connectivity index (χ3n) is 5.82. The van der Waals surface area contributed by atoms with Crippen molar-refractivity contribution in [2.24, 2.45) is 0 Å². The number of nitrogens with zero attached hydrogens (tertiary/aromatic N) is 3. The fourth-order valence-electron chi connectivity index (χ4n) is 4.32. The minimum atomic E-state index is 0.587. The molecule has 1 aliphatic carbocycles. The number of likely N-dealkylation sites (tertiary alicyclic amines) is 1. The van der Waals surface area contributed by atoms with Crippen LogP contribution in [0.5, 0.6) is 0 Å². The van der Waals surface area contributed by atoms with Crippen LogP contribution in [0.15, 0.2) is 36.5 Å². The Labute approximate surface area is 150 Å². The summed E-state index contributed by atoms with van der Waals surface area (Å²) in [5, 5.41) is 3.37. The van der Waals surface area contributed by atoms with Crippen LogP contribution in [0.3, 0.4) is 0 Å². The number of rotatable bonds is 4. The molecule has 4 nitrogen and oxygen atoms in total. The third-order valence-corrected chi connectivity index (χ3v) is 5.82. The van der Waals surface area contributed by atoms with E-state index < -0.39 is 0 Å². The topological polar surface area (TPSA) is 41.1 Å². The van der Waals surface area contributed by atoms with E-state index in [0.29, 0.717) is 5.92 Å². The van der Waals surface area contributed by atoms with Crippen LogP contribution in [0, 0.1) is 6.92 Å². The van der Waals surface area contributed by atoms with Crippen LogP contribution in [-0.2, 0) is 0 Å². The van der Waals surface area contributed by atoms with E-state index in [1.165, 1.54) is 57.3 Å². The van der Waals surface area contributed by atoms with Crippen LogP contribution >= 0.6 is 0 Å². The molecule has 0 radical (unpaired) electrons. The lowest BCUT2D eigenvalue weighted by Gasteiger charge is -2.35. The third kappa shape index (κ3) is 3.84. The standard InChI is InChI=1S/C21H28N4/c1-16-6-5-13-22-21(16)24-20-10-4-9-19(23-20)17-11-14-25(15-12-17)18-7-2-3-8-18/h4-6,9-10,13,17-18H,2-3,7-8,11-12,14-15H2,1H3,(H,22,23,24). The summed E-state index contributed by atoms with van der Waals surface area (Å²) >= 11 is 0. The molecule has 2 aromatic rings. The van der Waals surface area contributed by atoms with Gasteiger partial charge in [0.05, 0.1) is 0 Å². The monoisotopic (exact) mass is 336 g/mol. The highest BCUT2D eigenvalue weighted by Gasteiger charge is 2.28. The van der Waals surface area contributed by atoms with Gasteiger partial charge in [0.25, 0.3) is 0 Å². The number of anilines is 2. The van der Waals surface area contributed by atoms with Crippen LogP contribution in [0.25, 0.3) is 0 Å². The summed E-state index contributed by atoms with van der Waals surface area (Å²) in [5.41, 5.74) is 2.37. The number of aryl methyl sites for hydroxylation is 1. The molecule has 1 aliphatic heterocycles. The summed E-state index contributed by atoms with van der Waals surface area (Å²) < 4.78 is 0. The molecule has 0 spiro atoms. The maximum atomic E-state index is 4.89. The first kappa shape index (κ1) is 16.5. The van der Waals surface area contributed by atoms with Gasteiger partial charge in [-0.2, -0.15) is 0 Å². The van der Waals surface area contributed by atoms with E-state index >= 15 is 0 Å². The van der Waals surface area contributed by atoms with Crippen molar-refractivity contribution in [1.82, 2.24) is 14.9 Å². The lowest BCUT2D eigenvalue weighted by atomic mass is 9.92. The average molecular weight is 336 g/mol. The highest BCUT2D eigenvalue weighted by molar-refractivity contribution is 5.55. The van der Waals surface area contributed by atoms with Crippen LogP contribution in [0.1, 0.15) is 55.7 Å². The molecule has 132 valence electrons. The first-order chi connectivity index (χ1) is 12.3. The first-order valence-corrected chi connectivity index (χ1v) is 9.69. The minimum Gasteiger partial charge on any atom is -0.325 e. The smallest absolute Gasteiger partial charge is 0.134 e. The largest absolute Gasteiger partial charge is 0.325 e. The summed E-state index contributed by atoms with van der Waals surface area (Å²) in [5.74, 6) is 2.38. The van der Waals surface area contributed by atoms with Crippen molar-refractivity contribution in [3.05, 3.63) is 47.8 Å². The van der Waals surface area contributed by atoms with Gasteiger partial charge in [-0.1, -0.05) is 25.0 Å². The lowest BCUT2D eigenvalue weighted by molar-refractivity contribution is 0.153. The van der Waals surface area contributed by atoms with Crippen molar-refractivity contribution in [1.29, 1.82) is 0 Å². The Morgan fingerprint density at radius 3 is 2.56 bits per heavy atom. The molecule has 1 saturated carbocycles. The van der Waals surface area contributed by atoms with Crippen molar-refractivity contribution in [3.8, 4) is 0 Å². The normalized spacial score (nSPS) is 20.0. The Balaban J connectivity index is 1.41. The minimum absolute atomic E-state index is 0.587. The van der Waals surface area contributed by atoms with Gasteiger partial charge in [-0.3, -0.25) is 0 Å². The van der Waals surface area contributed by atoms with Crippen molar-refractivity contribution < 1.29 is 0 Å². The predicted octanol–water partition coefficient (Wildman–Crippen LogP) is 4.65. The molecule has 0 unspecified atom stereocenters. The Hall–Kier alpha value is -1.94. The molecular formula is C21H28N4. The highest BCUT2D eigenvalue weighted by atomic mass is 15.2. The molecule has 2 aliphatic rings. The molecule has 4 heteroatoms. The molecule has 2 fully saturated rings. The van der Waals surface area contributed by atoms with E-state index in [1.54, 1.807) is 0 Å². The molecule has 0 atom stereocenters. The second-order valence-corrected chi connectivity index (χ2v) is 7.49. The van der Waals surface area contributed by atoms with Crippen molar-refractivity contribution >= 4 is 11.6 Å². The number of nitrogens with one attached hydrogen (secondary N) is 1. The molecule has 3 heterocycles. The quantitative estimate of drug-likeness (QED) is 0.882. The summed E-state index contributed by atoms with van der Waals surface area (Å²) in [7, 11) is 0. The van der Waals surface area contributed by atoms with Crippen LogP contribution < -0.4 is 5.32 Å². The van der Waals surface area contributed by atoms with Gasteiger partial charge in [0, 0.05) is 23.9 Å². The van der Waals surface area contributed by atoms with Gasteiger partial charge in [0.1, 0.15) is 11.6 Å². The summed E-state index contributed by atoms with van der Waals surface area (Å²) in [4.78, 5) is 12.0. The van der Waals surface area contributed by atoms with Gasteiger partial charge in [0.2, 0.25) is 0 Å². The molecule has 1 saturated heterocycles. The van der Waals surface area contributed by atoms with E-state index in [9.17, 15) is 0 Å². The second kappa shape index (κ2) is 7.52. The van der Waals surface area contributed by atoms with E-state index in [2.05, 4.69) is 40.3 Å². The fraction of sp³-hybridized carbons (Fsp3) is 0.524. The zero-order valence-electron chi connectivity index (χ0n) is 15.1. The highest BCUT2D eigenvalue weighted by Crippen LogP contribution is 2.32. The zero-order chi connectivity index (χ0) is 17.1. The number of piperidine rings is 1. The average Bonchev–Trinajstić information content (AvgIpc) is 3.19. The van der Waals surface area contributed by atoms with Crippen molar-refractivity contribution in [3.63, 3.8) is 0 Å². The first-order valence-electron chi connectivity index (χ1n) is 9.69. The Morgan fingerprint density at radius 1 is 1.00 bits per heavy atom. The van der Waals surface area contributed by atoms with Gasteiger partial charge in [0.15, 0.2) is 0 Å². The summed E-state index contributed by atoms with van der Waals surface area (Å²) in [6.07, 6.45) is 9.94. The number of hydrogen-bond donors (Lipinski definition) is 1. The molecule has 1 N–H and O–H groups in total. The van der Waals surface area contributed by atoms with E-state index in [1.807, 2.05) is 18.3 Å². The molecule has 0 bridgehead atoms. The predicted molar refractivity (Wildman–Crippen MR) is 102 cm³/mol. The number of pyridine rings is 2. The summed E-state index contributed by atoms with van der Waals surface area (Å²) in [6, 6.07) is 11.2. The molecule has 25 heavy (non-hydrogen) atoms. The van der Waals surface area contributed by atoms with Gasteiger partial charge in [-0.05, 0) is 69.5 Å². The van der Waals surface area contributed by atoms with Crippen LogP contribution in [0.4, 0.5) is 11.6 Å². The molecule has 4 rings (SSSR count). The van der Waals surface area contributed by atoms with Gasteiger partial charge in [-0.25, -0.2) is 9.97 Å². The second-order valence-electron chi connectivity index (χ2n) is 7.49. The van der Waals surface area contributed by atoms with Crippen molar-refractivity contribution in [2.75, 3.05) is 18.4 Å². The maximum absolute atomic E-state index is 4.89. The lowest BCUT2D eigenvalue weighted by Crippen LogP contribution is -2.39. The SMILES string of the molecule is Cc1cccnc1Nc1cccc(C2CCN(C3CCCC3)CC2)n1.